The average molecular weight is 256 g/mol. The lowest BCUT2D eigenvalue weighted by molar-refractivity contribution is -0.140. The number of hydrogen-bond acceptors (Lipinski definition) is 3. The van der Waals surface area contributed by atoms with Gasteiger partial charge in [0.25, 0.3) is 0 Å². The SMILES string of the molecule is CN(C(=O)NC1C=CC(C(=O)O)C1)C(C)(C)CO. The van der Waals surface area contributed by atoms with E-state index in [9.17, 15) is 14.7 Å². The van der Waals surface area contributed by atoms with E-state index in [1.807, 2.05) is 0 Å². The maximum Gasteiger partial charge on any atom is 0.318 e. The molecule has 1 rings (SSSR count). The van der Waals surface area contributed by atoms with Crippen molar-refractivity contribution in [3.05, 3.63) is 12.2 Å². The van der Waals surface area contributed by atoms with Crippen LogP contribution in [0.15, 0.2) is 12.2 Å². The highest BCUT2D eigenvalue weighted by molar-refractivity contribution is 5.76. The highest BCUT2D eigenvalue weighted by atomic mass is 16.4. The number of carboxylic acids is 1. The van der Waals surface area contributed by atoms with Gasteiger partial charge in [-0.05, 0) is 20.3 Å². The second-order valence-electron chi connectivity index (χ2n) is 5.15. The topological polar surface area (TPSA) is 89.9 Å². The van der Waals surface area contributed by atoms with E-state index in [0.717, 1.165) is 0 Å². The van der Waals surface area contributed by atoms with Crippen molar-refractivity contribution in [2.24, 2.45) is 5.92 Å². The lowest BCUT2D eigenvalue weighted by Gasteiger charge is -2.34. The molecular formula is C12H20N2O4. The zero-order valence-electron chi connectivity index (χ0n) is 10.9. The van der Waals surface area contributed by atoms with Crippen molar-refractivity contribution in [1.29, 1.82) is 0 Å². The number of aliphatic hydroxyl groups excluding tert-OH is 1. The smallest absolute Gasteiger partial charge is 0.318 e. The van der Waals surface area contributed by atoms with Crippen LogP contribution in [0.1, 0.15) is 20.3 Å². The van der Waals surface area contributed by atoms with Crippen molar-refractivity contribution in [2.45, 2.75) is 31.8 Å². The van der Waals surface area contributed by atoms with E-state index in [2.05, 4.69) is 5.32 Å². The summed E-state index contributed by atoms with van der Waals surface area (Å²) in [7, 11) is 1.60. The number of carboxylic acid groups (broad SMARTS) is 1. The molecule has 1 aliphatic carbocycles. The zero-order valence-corrected chi connectivity index (χ0v) is 10.9. The maximum absolute atomic E-state index is 11.9. The number of nitrogens with one attached hydrogen (secondary N) is 1. The summed E-state index contributed by atoms with van der Waals surface area (Å²) in [5.41, 5.74) is -0.654. The lowest BCUT2D eigenvalue weighted by Crippen LogP contribution is -2.53. The third kappa shape index (κ3) is 3.22. The van der Waals surface area contributed by atoms with Crippen LogP contribution in [-0.4, -0.2) is 52.3 Å². The van der Waals surface area contributed by atoms with Gasteiger partial charge in [0.2, 0.25) is 0 Å². The first kappa shape index (κ1) is 14.5. The monoisotopic (exact) mass is 256 g/mol. The highest BCUT2D eigenvalue weighted by Gasteiger charge is 2.30. The summed E-state index contributed by atoms with van der Waals surface area (Å²) in [6, 6.07) is -0.592. The summed E-state index contributed by atoms with van der Waals surface area (Å²) in [6.07, 6.45) is 3.65. The minimum atomic E-state index is -0.882. The van der Waals surface area contributed by atoms with Gasteiger partial charge < -0.3 is 20.4 Å². The third-order valence-corrected chi connectivity index (χ3v) is 3.31. The fourth-order valence-corrected chi connectivity index (χ4v) is 1.63. The Morgan fingerprint density at radius 2 is 2.06 bits per heavy atom. The van der Waals surface area contributed by atoms with Crippen LogP contribution >= 0.6 is 0 Å². The molecule has 0 saturated carbocycles. The molecule has 0 aromatic heterocycles. The van der Waals surface area contributed by atoms with Crippen LogP contribution in [0.25, 0.3) is 0 Å². The molecule has 0 spiro atoms. The Hall–Kier alpha value is -1.56. The minimum absolute atomic E-state index is 0.144. The summed E-state index contributed by atoms with van der Waals surface area (Å²) in [5, 5.41) is 20.7. The van der Waals surface area contributed by atoms with Gasteiger partial charge in [0.1, 0.15) is 0 Å². The van der Waals surface area contributed by atoms with Gasteiger partial charge in [0, 0.05) is 7.05 Å². The van der Waals surface area contributed by atoms with Crippen molar-refractivity contribution >= 4 is 12.0 Å². The summed E-state index contributed by atoms with van der Waals surface area (Å²) in [4.78, 5) is 24.1. The van der Waals surface area contributed by atoms with Crippen molar-refractivity contribution in [3.8, 4) is 0 Å². The van der Waals surface area contributed by atoms with E-state index in [-0.39, 0.29) is 18.7 Å². The van der Waals surface area contributed by atoms with E-state index in [1.165, 1.54) is 4.90 Å². The van der Waals surface area contributed by atoms with Gasteiger partial charge in [-0.3, -0.25) is 4.79 Å². The van der Waals surface area contributed by atoms with Gasteiger partial charge in [-0.15, -0.1) is 0 Å². The standard InChI is InChI=1S/C12H20N2O4/c1-12(2,7-15)14(3)11(18)13-9-5-4-8(6-9)10(16)17/h4-5,8-9,15H,6-7H2,1-3H3,(H,13,18)(H,16,17). The lowest BCUT2D eigenvalue weighted by atomic mass is 10.1. The second kappa shape index (κ2) is 5.39. The normalized spacial score (nSPS) is 22.9. The molecule has 0 aliphatic heterocycles. The molecule has 6 nitrogen and oxygen atoms in total. The van der Waals surface area contributed by atoms with Gasteiger partial charge in [0.05, 0.1) is 24.1 Å². The molecule has 2 atom stereocenters. The van der Waals surface area contributed by atoms with Crippen LogP contribution in [0, 0.1) is 5.92 Å². The molecule has 0 radical (unpaired) electrons. The van der Waals surface area contributed by atoms with Crippen molar-refractivity contribution in [1.82, 2.24) is 10.2 Å². The predicted molar refractivity (Wildman–Crippen MR) is 66.1 cm³/mol. The quantitative estimate of drug-likeness (QED) is 0.636. The van der Waals surface area contributed by atoms with Crippen LogP contribution in [0.3, 0.4) is 0 Å². The van der Waals surface area contributed by atoms with Gasteiger partial charge in [-0.25, -0.2) is 4.79 Å². The van der Waals surface area contributed by atoms with Crippen molar-refractivity contribution < 1.29 is 19.8 Å². The molecule has 2 amide bonds. The second-order valence-corrected chi connectivity index (χ2v) is 5.15. The fraction of sp³-hybridized carbons (Fsp3) is 0.667. The van der Waals surface area contributed by atoms with Crippen molar-refractivity contribution in [2.75, 3.05) is 13.7 Å². The molecule has 1 aliphatic rings. The molecule has 6 heteroatoms. The van der Waals surface area contributed by atoms with Crippen LogP contribution < -0.4 is 5.32 Å². The third-order valence-electron chi connectivity index (χ3n) is 3.31. The minimum Gasteiger partial charge on any atom is -0.481 e. The Morgan fingerprint density at radius 3 is 2.50 bits per heavy atom. The summed E-state index contributed by atoms with van der Waals surface area (Å²) < 4.78 is 0. The number of amides is 2. The van der Waals surface area contributed by atoms with Gasteiger partial charge >= 0.3 is 12.0 Å². The summed E-state index contributed by atoms with van der Waals surface area (Å²) in [5.74, 6) is -1.42. The Labute approximate surface area is 106 Å². The van der Waals surface area contributed by atoms with Crippen LogP contribution in [0.2, 0.25) is 0 Å². The van der Waals surface area contributed by atoms with E-state index in [0.29, 0.717) is 6.42 Å². The number of carbonyl (C=O) groups excluding carboxylic acids is 1. The molecule has 3 N–H and O–H groups in total. The molecule has 0 fully saturated rings. The van der Waals surface area contributed by atoms with E-state index in [1.54, 1.807) is 33.0 Å². The van der Waals surface area contributed by atoms with Crippen LogP contribution in [0.4, 0.5) is 4.79 Å². The summed E-state index contributed by atoms with van der Waals surface area (Å²) >= 11 is 0. The largest absolute Gasteiger partial charge is 0.481 e. The Morgan fingerprint density at radius 1 is 1.44 bits per heavy atom. The number of urea groups is 1. The number of hydrogen-bond donors (Lipinski definition) is 3. The van der Waals surface area contributed by atoms with Gasteiger partial charge in [-0.1, -0.05) is 12.2 Å². The number of carbonyl (C=O) groups is 2. The molecule has 0 aromatic rings. The zero-order chi connectivity index (χ0) is 13.9. The first-order chi connectivity index (χ1) is 8.27. The van der Waals surface area contributed by atoms with E-state index in [4.69, 9.17) is 5.11 Å². The molecule has 2 unspecified atom stereocenters. The number of nitrogens with zero attached hydrogens (tertiary/aromatic N) is 1. The first-order valence-corrected chi connectivity index (χ1v) is 5.84. The van der Waals surface area contributed by atoms with Crippen LogP contribution in [-0.2, 0) is 4.79 Å². The molecule has 102 valence electrons. The number of rotatable bonds is 4. The van der Waals surface area contributed by atoms with Crippen molar-refractivity contribution in [3.63, 3.8) is 0 Å². The highest BCUT2D eigenvalue weighted by Crippen LogP contribution is 2.19. The molecule has 0 aromatic carbocycles. The average Bonchev–Trinajstić information content (AvgIpc) is 2.76. The molecular weight excluding hydrogens is 236 g/mol. The number of aliphatic hydroxyl groups is 1. The molecule has 0 bridgehead atoms. The number of likely N-dealkylation sites (N-methyl/N-ethyl adjacent to an activating group) is 1. The predicted octanol–water partition coefficient (Wildman–Crippen LogP) is 0.428. The molecule has 18 heavy (non-hydrogen) atoms. The molecule has 0 heterocycles. The molecule has 0 saturated heterocycles. The maximum atomic E-state index is 11.9. The Balaban J connectivity index is 2.53. The Bertz CT molecular complexity index is 365. The number of aliphatic carboxylic acids is 1. The van der Waals surface area contributed by atoms with Gasteiger partial charge in [0.15, 0.2) is 0 Å². The summed E-state index contributed by atoms with van der Waals surface area (Å²) in [6.45, 7) is 3.35. The first-order valence-electron chi connectivity index (χ1n) is 5.84. The van der Waals surface area contributed by atoms with Gasteiger partial charge in [-0.2, -0.15) is 0 Å². The Kier molecular flexibility index (Phi) is 4.34. The van der Waals surface area contributed by atoms with E-state index < -0.39 is 17.4 Å². The fourth-order valence-electron chi connectivity index (χ4n) is 1.63. The van der Waals surface area contributed by atoms with Crippen LogP contribution in [0.5, 0.6) is 0 Å². The van der Waals surface area contributed by atoms with E-state index >= 15 is 0 Å².